The summed E-state index contributed by atoms with van der Waals surface area (Å²) >= 11 is 5.83. The van der Waals surface area contributed by atoms with Crippen molar-refractivity contribution in [1.82, 2.24) is 19.9 Å². The highest BCUT2D eigenvalue weighted by Crippen LogP contribution is 2.16. The van der Waals surface area contributed by atoms with Crippen LogP contribution in [0.4, 0.5) is 5.95 Å². The summed E-state index contributed by atoms with van der Waals surface area (Å²) in [4.78, 5) is 15.9. The number of rotatable bonds is 5. The number of nitrogens with zero attached hydrogens (tertiary/aromatic N) is 5. The van der Waals surface area contributed by atoms with Crippen LogP contribution in [0.1, 0.15) is 13.8 Å². The van der Waals surface area contributed by atoms with E-state index in [9.17, 15) is 0 Å². The van der Waals surface area contributed by atoms with Gasteiger partial charge in [0.2, 0.25) is 11.2 Å². The van der Waals surface area contributed by atoms with Gasteiger partial charge in [-0.2, -0.15) is 15.0 Å². The van der Waals surface area contributed by atoms with Crippen LogP contribution < -0.4 is 9.64 Å². The van der Waals surface area contributed by atoms with Crippen LogP contribution in [0.5, 0.6) is 6.01 Å². The summed E-state index contributed by atoms with van der Waals surface area (Å²) in [6.07, 6.45) is 0. The lowest BCUT2D eigenvalue weighted by Gasteiger charge is -2.31. The highest BCUT2D eigenvalue weighted by Gasteiger charge is 2.22. The number of anilines is 1. The lowest BCUT2D eigenvalue weighted by Crippen LogP contribution is -2.43. The zero-order valence-corrected chi connectivity index (χ0v) is 12.5. The molecule has 1 rings (SSSR count). The van der Waals surface area contributed by atoms with E-state index in [1.54, 1.807) is 4.90 Å². The van der Waals surface area contributed by atoms with Gasteiger partial charge >= 0.3 is 6.01 Å². The molecular weight excluding hydrogens is 254 g/mol. The van der Waals surface area contributed by atoms with Crippen molar-refractivity contribution in [3.05, 3.63) is 5.28 Å². The molecule has 0 radical (unpaired) electrons. The molecule has 0 N–H and O–H groups in total. The van der Waals surface area contributed by atoms with Crippen molar-refractivity contribution in [1.29, 1.82) is 0 Å². The zero-order chi connectivity index (χ0) is 13.9. The number of ether oxygens (including phenoxy) is 1. The maximum absolute atomic E-state index is 5.83. The molecule has 7 heteroatoms. The Labute approximate surface area is 113 Å². The number of halogens is 1. The molecule has 1 aromatic heterocycles. The number of hydrogen-bond donors (Lipinski definition) is 0. The lowest BCUT2D eigenvalue weighted by molar-refractivity contribution is 0.107. The van der Waals surface area contributed by atoms with Crippen LogP contribution in [-0.4, -0.2) is 60.2 Å². The molecule has 0 saturated carbocycles. The molecule has 0 aliphatic carbocycles. The van der Waals surface area contributed by atoms with E-state index in [-0.39, 0.29) is 16.8 Å². The number of likely N-dealkylation sites (N-methyl/N-ethyl adjacent to an activating group) is 1. The van der Waals surface area contributed by atoms with Crippen LogP contribution in [0, 0.1) is 0 Å². The molecule has 0 aliphatic rings. The molecule has 0 aliphatic heterocycles. The van der Waals surface area contributed by atoms with Crippen molar-refractivity contribution < 1.29 is 4.74 Å². The number of hydrogen-bond acceptors (Lipinski definition) is 6. The molecule has 1 heterocycles. The summed E-state index contributed by atoms with van der Waals surface area (Å²) < 4.78 is 5.59. The van der Waals surface area contributed by atoms with Gasteiger partial charge in [0, 0.05) is 19.6 Å². The second-order valence-corrected chi connectivity index (χ2v) is 5.42. The molecule has 0 aromatic carbocycles. The molecule has 0 bridgehead atoms. The summed E-state index contributed by atoms with van der Waals surface area (Å²) in [6.45, 7) is 4.61. The van der Waals surface area contributed by atoms with Gasteiger partial charge in [0.25, 0.3) is 0 Å². The molecule has 18 heavy (non-hydrogen) atoms. The molecule has 102 valence electrons. The monoisotopic (exact) mass is 273 g/mol. The standard InChI is InChI=1S/C11H20ClN5O/c1-11(2,17(5)6)7-18-10-14-8(12)13-9(15-10)16(3)4/h7H2,1-6H3. The van der Waals surface area contributed by atoms with E-state index in [2.05, 4.69) is 33.7 Å². The van der Waals surface area contributed by atoms with Crippen LogP contribution in [0.25, 0.3) is 0 Å². The summed E-state index contributed by atoms with van der Waals surface area (Å²) in [5.41, 5.74) is -0.114. The minimum Gasteiger partial charge on any atom is -0.461 e. The maximum atomic E-state index is 5.83. The van der Waals surface area contributed by atoms with Crippen LogP contribution in [0.15, 0.2) is 0 Å². The molecule has 0 amide bonds. The Balaban J connectivity index is 2.79. The van der Waals surface area contributed by atoms with E-state index >= 15 is 0 Å². The molecule has 0 atom stereocenters. The highest BCUT2D eigenvalue weighted by atomic mass is 35.5. The SMILES string of the molecule is CN(C)c1nc(Cl)nc(OCC(C)(C)N(C)C)n1. The quantitative estimate of drug-likeness (QED) is 0.806. The van der Waals surface area contributed by atoms with Gasteiger partial charge in [0.1, 0.15) is 6.61 Å². The molecule has 6 nitrogen and oxygen atoms in total. The fourth-order valence-electron chi connectivity index (χ4n) is 0.957. The van der Waals surface area contributed by atoms with Crippen LogP contribution in [0.3, 0.4) is 0 Å². The van der Waals surface area contributed by atoms with Crippen molar-refractivity contribution in [2.75, 3.05) is 39.7 Å². The largest absolute Gasteiger partial charge is 0.461 e. The smallest absolute Gasteiger partial charge is 0.322 e. The van der Waals surface area contributed by atoms with E-state index in [1.807, 2.05) is 28.2 Å². The average molecular weight is 274 g/mol. The third-order valence-corrected chi connectivity index (χ3v) is 2.91. The van der Waals surface area contributed by atoms with E-state index in [0.29, 0.717) is 12.6 Å². The maximum Gasteiger partial charge on any atom is 0.322 e. The van der Waals surface area contributed by atoms with E-state index in [0.717, 1.165) is 0 Å². The Hall–Kier alpha value is -1.14. The summed E-state index contributed by atoms with van der Waals surface area (Å²) in [5, 5.41) is 0.131. The Bertz CT molecular complexity index is 408. The van der Waals surface area contributed by atoms with E-state index < -0.39 is 0 Å². The minimum atomic E-state index is -0.114. The molecule has 0 saturated heterocycles. The summed E-state index contributed by atoms with van der Waals surface area (Å²) in [6, 6.07) is 0.244. The van der Waals surface area contributed by atoms with Gasteiger partial charge in [-0.3, -0.25) is 0 Å². The Morgan fingerprint density at radius 3 is 2.22 bits per heavy atom. The van der Waals surface area contributed by atoms with Crippen molar-refractivity contribution >= 4 is 17.5 Å². The fraction of sp³-hybridized carbons (Fsp3) is 0.727. The Morgan fingerprint density at radius 1 is 1.11 bits per heavy atom. The Kier molecular flexibility index (Phi) is 4.70. The lowest BCUT2D eigenvalue weighted by atomic mass is 10.1. The van der Waals surface area contributed by atoms with Crippen LogP contribution in [0.2, 0.25) is 5.28 Å². The first-order valence-corrected chi connectivity index (χ1v) is 5.99. The van der Waals surface area contributed by atoms with Gasteiger partial charge < -0.3 is 14.5 Å². The van der Waals surface area contributed by atoms with Gasteiger partial charge in [-0.05, 0) is 39.5 Å². The number of aromatic nitrogens is 3. The first-order valence-electron chi connectivity index (χ1n) is 5.61. The fourth-order valence-corrected chi connectivity index (χ4v) is 1.10. The van der Waals surface area contributed by atoms with E-state index in [1.165, 1.54) is 0 Å². The second-order valence-electron chi connectivity index (χ2n) is 5.08. The Morgan fingerprint density at radius 2 is 1.72 bits per heavy atom. The predicted molar refractivity (Wildman–Crippen MR) is 72.4 cm³/mol. The van der Waals surface area contributed by atoms with Gasteiger partial charge in [0.05, 0.1) is 0 Å². The molecule has 1 aromatic rings. The third-order valence-electron chi connectivity index (χ3n) is 2.74. The van der Waals surface area contributed by atoms with Gasteiger partial charge in [0.15, 0.2) is 0 Å². The van der Waals surface area contributed by atoms with Crippen molar-refractivity contribution in [2.45, 2.75) is 19.4 Å². The predicted octanol–water partition coefficient (Wildman–Crippen LogP) is 1.31. The second kappa shape index (κ2) is 5.67. The summed E-state index contributed by atoms with van der Waals surface area (Å²) in [5.74, 6) is 0.479. The normalized spacial score (nSPS) is 11.8. The third kappa shape index (κ3) is 3.96. The van der Waals surface area contributed by atoms with Crippen molar-refractivity contribution in [2.24, 2.45) is 0 Å². The molecule has 0 spiro atoms. The van der Waals surface area contributed by atoms with Gasteiger partial charge in [-0.15, -0.1) is 0 Å². The topological polar surface area (TPSA) is 54.4 Å². The van der Waals surface area contributed by atoms with Crippen molar-refractivity contribution in [3.8, 4) is 6.01 Å². The molecule has 0 unspecified atom stereocenters. The van der Waals surface area contributed by atoms with Gasteiger partial charge in [-0.25, -0.2) is 0 Å². The average Bonchev–Trinajstić information content (AvgIpc) is 2.25. The van der Waals surface area contributed by atoms with Crippen LogP contribution >= 0.6 is 11.6 Å². The zero-order valence-electron chi connectivity index (χ0n) is 11.7. The van der Waals surface area contributed by atoms with Crippen molar-refractivity contribution in [3.63, 3.8) is 0 Å². The van der Waals surface area contributed by atoms with Gasteiger partial charge in [-0.1, -0.05) is 0 Å². The first-order chi connectivity index (χ1) is 8.22. The van der Waals surface area contributed by atoms with Crippen LogP contribution in [-0.2, 0) is 0 Å². The minimum absolute atomic E-state index is 0.114. The van der Waals surface area contributed by atoms with E-state index in [4.69, 9.17) is 16.3 Å². The molecular formula is C11H20ClN5O. The molecule has 0 fully saturated rings. The highest BCUT2D eigenvalue weighted by molar-refractivity contribution is 6.28. The first kappa shape index (κ1) is 14.9. The summed E-state index contributed by atoms with van der Waals surface area (Å²) in [7, 11) is 7.66.